The summed E-state index contributed by atoms with van der Waals surface area (Å²) >= 11 is 1.57. The highest BCUT2D eigenvalue weighted by atomic mass is 32.1. The highest BCUT2D eigenvalue weighted by Gasteiger charge is 2.11. The van der Waals surface area contributed by atoms with Gasteiger partial charge in [0.05, 0.1) is 18.1 Å². The van der Waals surface area contributed by atoms with Gasteiger partial charge in [0.2, 0.25) is 5.95 Å². The molecule has 0 aromatic carbocycles. The third-order valence-corrected chi connectivity index (χ3v) is 3.45. The molecule has 0 saturated carbocycles. The molecule has 0 radical (unpaired) electrons. The minimum atomic E-state index is -0.593. The number of nitrogens with one attached hydrogen (secondary N) is 2. The van der Waals surface area contributed by atoms with Gasteiger partial charge in [0, 0.05) is 18.5 Å². The van der Waals surface area contributed by atoms with Gasteiger partial charge in [-0.05, 0) is 13.0 Å². The number of hydrogen-bond acceptors (Lipinski definition) is 8. The predicted octanol–water partition coefficient (Wildman–Crippen LogP) is 0.705. The molecule has 0 fully saturated rings. The number of aliphatic hydroxyl groups excluding tert-OH is 1. The van der Waals surface area contributed by atoms with E-state index in [2.05, 4.69) is 20.7 Å². The van der Waals surface area contributed by atoms with Crippen LogP contribution in [0.2, 0.25) is 0 Å². The molecule has 0 amide bonds. The van der Waals surface area contributed by atoms with E-state index in [0.29, 0.717) is 18.3 Å². The summed E-state index contributed by atoms with van der Waals surface area (Å²) in [5.74, 6) is 6.35. The maximum absolute atomic E-state index is 9.65. The summed E-state index contributed by atoms with van der Waals surface area (Å²) in [6.07, 6.45) is -0.593. The Labute approximate surface area is 114 Å². The third kappa shape index (κ3) is 3.29. The lowest BCUT2D eigenvalue weighted by molar-refractivity contribution is 0.0727. The zero-order valence-electron chi connectivity index (χ0n) is 10.8. The van der Waals surface area contributed by atoms with E-state index in [1.807, 2.05) is 13.0 Å². The fraction of sp³-hybridized carbons (Fsp3) is 0.455. The smallest absolute Gasteiger partial charge is 0.240 e. The topological polar surface area (TPSA) is 105 Å². The number of aryl methyl sites for hydroxylation is 1. The number of nitrogens with zero attached hydrogens (tertiary/aromatic N) is 2. The average Bonchev–Trinajstić information content (AvgIpc) is 2.76. The van der Waals surface area contributed by atoms with Gasteiger partial charge in [-0.25, -0.2) is 10.8 Å². The molecule has 19 heavy (non-hydrogen) atoms. The van der Waals surface area contributed by atoms with Crippen LogP contribution in [0.15, 0.2) is 6.07 Å². The van der Waals surface area contributed by atoms with Crippen molar-refractivity contribution in [3.63, 3.8) is 0 Å². The number of hydrazine groups is 1. The molecule has 2 aromatic heterocycles. The van der Waals surface area contributed by atoms with Crippen LogP contribution >= 0.6 is 11.3 Å². The molecule has 0 aliphatic heterocycles. The molecule has 0 bridgehead atoms. The molecule has 0 aliphatic rings. The largest absolute Gasteiger partial charge is 0.389 e. The molecule has 0 aliphatic carbocycles. The first-order valence-electron chi connectivity index (χ1n) is 5.79. The first-order chi connectivity index (χ1) is 9.13. The maximum Gasteiger partial charge on any atom is 0.240 e. The van der Waals surface area contributed by atoms with Gasteiger partial charge in [0.15, 0.2) is 0 Å². The first-order valence-corrected chi connectivity index (χ1v) is 6.61. The van der Waals surface area contributed by atoms with Crippen molar-refractivity contribution in [3.05, 3.63) is 10.9 Å². The van der Waals surface area contributed by atoms with Crippen molar-refractivity contribution in [2.24, 2.45) is 5.84 Å². The minimum absolute atomic E-state index is 0.270. The SMILES string of the molecule is COCC(O)CNc1nc(NN)nc2sc(C)cc12. The molecule has 1 atom stereocenters. The molecular formula is C11H17N5O2S. The lowest BCUT2D eigenvalue weighted by Gasteiger charge is -2.12. The number of aromatic nitrogens is 2. The summed E-state index contributed by atoms with van der Waals surface area (Å²) in [5.41, 5.74) is 2.44. The normalized spacial score (nSPS) is 12.6. The quantitative estimate of drug-likeness (QED) is 0.457. The van der Waals surface area contributed by atoms with E-state index in [9.17, 15) is 5.11 Å². The molecule has 8 heteroatoms. The van der Waals surface area contributed by atoms with Crippen LogP contribution in [0.5, 0.6) is 0 Å². The number of rotatable bonds is 6. The van der Waals surface area contributed by atoms with Gasteiger partial charge in [-0.15, -0.1) is 11.3 Å². The van der Waals surface area contributed by atoms with Crippen LogP contribution in [-0.4, -0.2) is 41.4 Å². The van der Waals surface area contributed by atoms with Gasteiger partial charge in [-0.1, -0.05) is 0 Å². The standard InChI is InChI=1S/C11H17N5O2S/c1-6-3-8-9(13-4-7(17)5-18-2)14-11(16-12)15-10(8)19-6/h3,7,17H,4-5,12H2,1-2H3,(H2,13,14,15,16). The second-order valence-corrected chi connectivity index (χ2v) is 5.34. The van der Waals surface area contributed by atoms with Crippen molar-refractivity contribution in [1.29, 1.82) is 0 Å². The molecule has 5 N–H and O–H groups in total. The second kappa shape index (κ2) is 6.11. The van der Waals surface area contributed by atoms with Gasteiger partial charge in [0.1, 0.15) is 10.6 Å². The van der Waals surface area contributed by atoms with Crippen LogP contribution in [0, 0.1) is 6.92 Å². The highest BCUT2D eigenvalue weighted by Crippen LogP contribution is 2.29. The van der Waals surface area contributed by atoms with Crippen LogP contribution in [0.4, 0.5) is 11.8 Å². The van der Waals surface area contributed by atoms with Crippen LogP contribution in [0.25, 0.3) is 10.2 Å². The molecule has 2 heterocycles. The number of methoxy groups -OCH3 is 1. The molecule has 0 spiro atoms. The second-order valence-electron chi connectivity index (χ2n) is 4.11. The molecule has 0 saturated heterocycles. The lowest BCUT2D eigenvalue weighted by atomic mass is 10.3. The number of fused-ring (bicyclic) bond motifs is 1. The Hall–Kier alpha value is -1.48. The number of nitrogens with two attached hydrogens (primary N) is 1. The van der Waals surface area contributed by atoms with Crippen LogP contribution < -0.4 is 16.6 Å². The van der Waals surface area contributed by atoms with E-state index in [1.165, 1.54) is 0 Å². The van der Waals surface area contributed by atoms with Crippen LogP contribution in [0.1, 0.15) is 4.88 Å². The van der Waals surface area contributed by atoms with Gasteiger partial charge in [0.25, 0.3) is 0 Å². The Kier molecular flexibility index (Phi) is 4.48. The van der Waals surface area contributed by atoms with Crippen molar-refractivity contribution in [1.82, 2.24) is 9.97 Å². The van der Waals surface area contributed by atoms with Crippen molar-refractivity contribution < 1.29 is 9.84 Å². The van der Waals surface area contributed by atoms with Gasteiger partial charge < -0.3 is 15.2 Å². The summed E-state index contributed by atoms with van der Waals surface area (Å²) in [7, 11) is 1.55. The van der Waals surface area contributed by atoms with E-state index in [-0.39, 0.29) is 6.61 Å². The Morgan fingerprint density at radius 1 is 1.53 bits per heavy atom. The Balaban J connectivity index is 2.24. The molecule has 104 valence electrons. The van der Waals surface area contributed by atoms with Crippen molar-refractivity contribution in [2.75, 3.05) is 31.0 Å². The minimum Gasteiger partial charge on any atom is -0.389 e. The van der Waals surface area contributed by atoms with Gasteiger partial charge in [-0.3, -0.25) is 5.43 Å². The molecule has 2 aromatic rings. The number of ether oxygens (including phenoxy) is 1. The Morgan fingerprint density at radius 3 is 3.00 bits per heavy atom. The number of thiophene rings is 1. The average molecular weight is 283 g/mol. The summed E-state index contributed by atoms with van der Waals surface area (Å²) in [6, 6.07) is 2.01. The van der Waals surface area contributed by atoms with Crippen molar-refractivity contribution in [2.45, 2.75) is 13.0 Å². The highest BCUT2D eigenvalue weighted by molar-refractivity contribution is 7.18. The lowest BCUT2D eigenvalue weighted by Crippen LogP contribution is -2.24. The Bertz CT molecular complexity index is 559. The van der Waals surface area contributed by atoms with Gasteiger partial charge in [-0.2, -0.15) is 4.98 Å². The predicted molar refractivity (Wildman–Crippen MR) is 76.3 cm³/mol. The molecule has 7 nitrogen and oxygen atoms in total. The fourth-order valence-corrected chi connectivity index (χ4v) is 2.59. The Morgan fingerprint density at radius 2 is 2.32 bits per heavy atom. The maximum atomic E-state index is 9.65. The summed E-state index contributed by atoms with van der Waals surface area (Å²) < 4.78 is 4.88. The monoisotopic (exact) mass is 283 g/mol. The molecular weight excluding hydrogens is 266 g/mol. The fourth-order valence-electron chi connectivity index (χ4n) is 1.71. The third-order valence-electron chi connectivity index (χ3n) is 2.51. The molecule has 2 rings (SSSR count). The van der Waals surface area contributed by atoms with Crippen molar-refractivity contribution >= 4 is 33.3 Å². The van der Waals surface area contributed by atoms with Crippen molar-refractivity contribution in [3.8, 4) is 0 Å². The van der Waals surface area contributed by atoms with Crippen LogP contribution in [-0.2, 0) is 4.74 Å². The van der Waals surface area contributed by atoms with Gasteiger partial charge >= 0.3 is 0 Å². The number of anilines is 2. The first kappa shape index (κ1) is 13.9. The summed E-state index contributed by atoms with van der Waals surface area (Å²) in [4.78, 5) is 10.5. The van der Waals surface area contributed by atoms with E-state index in [1.54, 1.807) is 18.4 Å². The number of nitrogen functional groups attached to an aromatic ring is 1. The summed E-state index contributed by atoms with van der Waals surface area (Å²) in [6.45, 7) is 2.62. The van der Waals surface area contributed by atoms with E-state index in [0.717, 1.165) is 15.1 Å². The number of hydrogen-bond donors (Lipinski definition) is 4. The number of aliphatic hydroxyl groups is 1. The van der Waals surface area contributed by atoms with E-state index in [4.69, 9.17) is 10.6 Å². The zero-order valence-corrected chi connectivity index (χ0v) is 11.6. The zero-order chi connectivity index (χ0) is 13.8. The summed E-state index contributed by atoms with van der Waals surface area (Å²) in [5, 5.41) is 13.7. The molecule has 1 unspecified atom stereocenters. The van der Waals surface area contributed by atoms with Crippen LogP contribution in [0.3, 0.4) is 0 Å². The van der Waals surface area contributed by atoms with E-state index < -0.39 is 6.10 Å². The van der Waals surface area contributed by atoms with E-state index >= 15 is 0 Å².